The lowest BCUT2D eigenvalue weighted by Gasteiger charge is -2.08. The van der Waals surface area contributed by atoms with Crippen molar-refractivity contribution >= 4 is 43.0 Å². The molecule has 1 aliphatic carbocycles. The minimum absolute atomic E-state index is 0.719. The molecule has 3 rings (SSSR count). The van der Waals surface area contributed by atoms with E-state index >= 15 is 0 Å². The van der Waals surface area contributed by atoms with Crippen LogP contribution in [0.5, 0.6) is 0 Å². The van der Waals surface area contributed by atoms with Gasteiger partial charge in [-0.2, -0.15) is 0 Å². The normalized spacial score (nSPS) is 16.5. The van der Waals surface area contributed by atoms with Crippen molar-refractivity contribution in [1.29, 1.82) is 0 Å². The second-order valence-corrected chi connectivity index (χ2v) is 6.93. The number of rotatable bonds is 1. The van der Waals surface area contributed by atoms with Crippen molar-refractivity contribution in [2.75, 3.05) is 0 Å². The molecule has 0 aliphatic heterocycles. The van der Waals surface area contributed by atoms with Crippen LogP contribution >= 0.6 is 27.3 Å². The van der Waals surface area contributed by atoms with Crippen molar-refractivity contribution < 1.29 is 0 Å². The molecule has 0 bridgehead atoms. The molecule has 0 atom stereocenters. The maximum atomic E-state index is 7.06. The Balaban J connectivity index is 2.18. The summed E-state index contributed by atoms with van der Waals surface area (Å²) < 4.78 is 2.51. The molecule has 0 amide bonds. The zero-order valence-electron chi connectivity index (χ0n) is 9.37. The Hall–Kier alpha value is -0.850. The summed E-state index contributed by atoms with van der Waals surface area (Å²) in [5.74, 6) is 0.719. The van der Waals surface area contributed by atoms with Gasteiger partial charge < -0.3 is 0 Å². The highest BCUT2D eigenvalue weighted by Crippen LogP contribution is 2.46. The highest BCUT2D eigenvalue weighted by Gasteiger charge is 2.23. The standard InChI is InChI=1S/C14H12BrNS/c1-16-10-6-7-11-12(8-10)17-14(15)13(11)9-4-2-3-5-9/h6-9H,2-5H2. The first kappa shape index (κ1) is 11.3. The van der Waals surface area contributed by atoms with Crippen LogP contribution in [-0.2, 0) is 0 Å². The molecule has 0 unspecified atom stereocenters. The molecular formula is C14H12BrNS. The van der Waals surface area contributed by atoms with Crippen LogP contribution in [0.4, 0.5) is 5.69 Å². The van der Waals surface area contributed by atoms with Gasteiger partial charge in [0.2, 0.25) is 0 Å². The highest BCUT2D eigenvalue weighted by atomic mass is 79.9. The third-order valence-corrected chi connectivity index (χ3v) is 5.43. The summed E-state index contributed by atoms with van der Waals surface area (Å²) in [6.45, 7) is 7.06. The maximum absolute atomic E-state index is 7.06. The number of halogens is 1. The topological polar surface area (TPSA) is 4.36 Å². The second kappa shape index (κ2) is 4.44. The third-order valence-electron chi connectivity index (χ3n) is 3.56. The van der Waals surface area contributed by atoms with Crippen LogP contribution in [0.15, 0.2) is 22.0 Å². The fourth-order valence-corrected chi connectivity index (χ4v) is 4.85. The van der Waals surface area contributed by atoms with Crippen LogP contribution < -0.4 is 0 Å². The van der Waals surface area contributed by atoms with Gasteiger partial charge in [0.25, 0.3) is 0 Å². The van der Waals surface area contributed by atoms with E-state index in [2.05, 4.69) is 26.8 Å². The first-order valence-corrected chi connectivity index (χ1v) is 7.50. The third kappa shape index (κ3) is 1.90. The highest BCUT2D eigenvalue weighted by molar-refractivity contribution is 9.11. The summed E-state index contributed by atoms with van der Waals surface area (Å²) in [5, 5.41) is 1.35. The van der Waals surface area contributed by atoms with Gasteiger partial charge in [-0.1, -0.05) is 25.0 Å². The van der Waals surface area contributed by atoms with E-state index in [0.29, 0.717) is 0 Å². The summed E-state index contributed by atoms with van der Waals surface area (Å²) in [4.78, 5) is 3.50. The summed E-state index contributed by atoms with van der Waals surface area (Å²) >= 11 is 5.48. The number of hydrogen-bond acceptors (Lipinski definition) is 1. The lowest BCUT2D eigenvalue weighted by atomic mass is 9.97. The van der Waals surface area contributed by atoms with Crippen molar-refractivity contribution in [2.45, 2.75) is 31.6 Å². The molecule has 3 heteroatoms. The fourth-order valence-electron chi connectivity index (χ4n) is 2.74. The molecule has 1 aromatic heterocycles. The predicted molar refractivity (Wildman–Crippen MR) is 77.0 cm³/mol. The Labute approximate surface area is 113 Å². The van der Waals surface area contributed by atoms with Gasteiger partial charge >= 0.3 is 0 Å². The van der Waals surface area contributed by atoms with E-state index in [4.69, 9.17) is 6.57 Å². The van der Waals surface area contributed by atoms with Gasteiger partial charge in [-0.05, 0) is 51.7 Å². The van der Waals surface area contributed by atoms with Crippen LogP contribution in [0.25, 0.3) is 14.9 Å². The summed E-state index contributed by atoms with van der Waals surface area (Å²) in [6, 6.07) is 6.07. The number of thiophene rings is 1. The molecule has 0 saturated heterocycles. The Bertz CT molecular complexity index is 602. The molecule has 0 N–H and O–H groups in total. The maximum Gasteiger partial charge on any atom is 0.188 e. The van der Waals surface area contributed by atoms with Crippen LogP contribution in [0.2, 0.25) is 0 Å². The molecule has 0 spiro atoms. The average molecular weight is 306 g/mol. The Kier molecular flexibility index (Phi) is 2.94. The SMILES string of the molecule is [C-]#[N+]c1ccc2c(C3CCCC3)c(Br)sc2c1. The average Bonchev–Trinajstić information content (AvgIpc) is 2.93. The number of fused-ring (bicyclic) bond motifs is 1. The molecule has 0 radical (unpaired) electrons. The van der Waals surface area contributed by atoms with Gasteiger partial charge in [-0.15, -0.1) is 11.3 Å². The number of hydrogen-bond donors (Lipinski definition) is 0. The number of nitrogens with zero attached hydrogens (tertiary/aromatic N) is 1. The van der Waals surface area contributed by atoms with Crippen molar-refractivity contribution in [1.82, 2.24) is 0 Å². The van der Waals surface area contributed by atoms with Gasteiger partial charge in [-0.25, -0.2) is 4.85 Å². The van der Waals surface area contributed by atoms with Gasteiger partial charge in [0, 0.05) is 4.70 Å². The molecule has 86 valence electrons. The van der Waals surface area contributed by atoms with Crippen LogP contribution in [-0.4, -0.2) is 0 Å². The van der Waals surface area contributed by atoms with Crippen LogP contribution in [0.1, 0.15) is 37.2 Å². The molecule has 1 aliphatic rings. The molecule has 1 aromatic carbocycles. The van der Waals surface area contributed by atoms with E-state index in [-0.39, 0.29) is 0 Å². The van der Waals surface area contributed by atoms with E-state index in [1.54, 1.807) is 11.3 Å². The Morgan fingerprint density at radius 2 is 2.06 bits per heavy atom. The summed E-state index contributed by atoms with van der Waals surface area (Å²) in [7, 11) is 0. The van der Waals surface area contributed by atoms with E-state index in [0.717, 1.165) is 11.6 Å². The van der Waals surface area contributed by atoms with Crippen molar-refractivity contribution in [2.24, 2.45) is 0 Å². The monoisotopic (exact) mass is 305 g/mol. The molecule has 1 nitrogen and oxygen atoms in total. The van der Waals surface area contributed by atoms with Gasteiger partial charge in [0.05, 0.1) is 10.4 Å². The van der Waals surface area contributed by atoms with Gasteiger partial charge in [0.1, 0.15) is 0 Å². The van der Waals surface area contributed by atoms with Crippen LogP contribution in [0.3, 0.4) is 0 Å². The quantitative estimate of drug-likeness (QED) is 0.580. The fraction of sp³-hybridized carbons (Fsp3) is 0.357. The van der Waals surface area contributed by atoms with Crippen molar-refractivity contribution in [3.63, 3.8) is 0 Å². The van der Waals surface area contributed by atoms with Gasteiger partial charge in [-0.3, -0.25) is 0 Å². The molecule has 1 saturated carbocycles. The lowest BCUT2D eigenvalue weighted by molar-refractivity contribution is 0.729. The minimum atomic E-state index is 0.719. The molecule has 1 heterocycles. The lowest BCUT2D eigenvalue weighted by Crippen LogP contribution is -1.90. The largest absolute Gasteiger partial charge is 0.238 e. The van der Waals surface area contributed by atoms with Crippen molar-refractivity contribution in [3.05, 3.63) is 39.0 Å². The molecule has 1 fully saturated rings. The van der Waals surface area contributed by atoms with Crippen LogP contribution in [0, 0.1) is 6.57 Å². The van der Waals surface area contributed by atoms with E-state index < -0.39 is 0 Å². The summed E-state index contributed by atoms with van der Waals surface area (Å²) in [6.07, 6.45) is 5.34. The zero-order chi connectivity index (χ0) is 11.8. The predicted octanol–water partition coefficient (Wildman–Crippen LogP) is 5.87. The molecule has 17 heavy (non-hydrogen) atoms. The zero-order valence-corrected chi connectivity index (χ0v) is 11.8. The summed E-state index contributed by atoms with van der Waals surface area (Å²) in [5.41, 5.74) is 2.23. The Morgan fingerprint density at radius 3 is 2.76 bits per heavy atom. The Morgan fingerprint density at radius 1 is 1.29 bits per heavy atom. The molecular weight excluding hydrogens is 294 g/mol. The van der Waals surface area contributed by atoms with Crippen molar-refractivity contribution in [3.8, 4) is 0 Å². The van der Waals surface area contributed by atoms with E-state index in [1.165, 1.54) is 45.1 Å². The second-order valence-electron chi connectivity index (χ2n) is 4.56. The number of benzene rings is 1. The first-order valence-electron chi connectivity index (χ1n) is 5.89. The van der Waals surface area contributed by atoms with E-state index in [9.17, 15) is 0 Å². The first-order chi connectivity index (χ1) is 8.29. The molecule has 2 aromatic rings. The van der Waals surface area contributed by atoms with E-state index in [1.807, 2.05) is 12.1 Å². The smallest absolute Gasteiger partial charge is 0.188 e. The minimum Gasteiger partial charge on any atom is -0.238 e. The van der Waals surface area contributed by atoms with Gasteiger partial charge in [0.15, 0.2) is 5.69 Å².